The standard InChI is InChI=1S/C25H40N6O4/c1-27-16-19-13-18(14-23(35-3)24(19)34)7-8-22(33)15-21(32)6-4-5-20(30-25(26)28-2)9-11-31-12-10-29-17-31/h10,12-14,20,27,29,34H,4-9,11,15-17H2,1-3H3,(H3,26,28,30)/t20-/m1/s1. The molecule has 6 N–H and O–H groups in total. The summed E-state index contributed by atoms with van der Waals surface area (Å²) in [6.07, 6.45) is 7.29. The number of aromatic hydroxyl groups is 1. The second-order valence-electron chi connectivity index (χ2n) is 8.71. The van der Waals surface area contributed by atoms with Gasteiger partial charge in [0.1, 0.15) is 11.6 Å². The lowest BCUT2D eigenvalue weighted by molar-refractivity contribution is -0.127. The number of carbonyl (C=O) groups excluding carboxylic acids is 2. The Morgan fingerprint density at radius 2 is 2.06 bits per heavy atom. The van der Waals surface area contributed by atoms with Crippen molar-refractivity contribution < 1.29 is 19.4 Å². The molecular formula is C25H40N6O4. The van der Waals surface area contributed by atoms with Crippen LogP contribution in [0.3, 0.4) is 0 Å². The molecule has 0 fully saturated rings. The second kappa shape index (κ2) is 14.9. The molecule has 1 aliphatic heterocycles. The fourth-order valence-electron chi connectivity index (χ4n) is 4.00. The van der Waals surface area contributed by atoms with Crippen LogP contribution >= 0.6 is 0 Å². The van der Waals surface area contributed by atoms with Gasteiger partial charge in [-0.2, -0.15) is 0 Å². The third kappa shape index (κ3) is 9.86. The molecule has 0 unspecified atom stereocenters. The van der Waals surface area contributed by atoms with Crippen molar-refractivity contribution in [2.24, 2.45) is 10.7 Å². The van der Waals surface area contributed by atoms with Crippen LogP contribution in [0.4, 0.5) is 0 Å². The molecule has 1 aromatic rings. The first-order valence-electron chi connectivity index (χ1n) is 12.1. The summed E-state index contributed by atoms with van der Waals surface area (Å²) in [4.78, 5) is 31.0. The monoisotopic (exact) mass is 488 g/mol. The fourth-order valence-corrected chi connectivity index (χ4v) is 4.00. The first-order valence-corrected chi connectivity index (χ1v) is 12.1. The van der Waals surface area contributed by atoms with Gasteiger partial charge in [-0.15, -0.1) is 0 Å². The van der Waals surface area contributed by atoms with Crippen LogP contribution in [0.1, 0.15) is 49.7 Å². The Balaban J connectivity index is 1.77. The van der Waals surface area contributed by atoms with Crippen molar-refractivity contribution in [3.8, 4) is 11.5 Å². The number of methoxy groups -OCH3 is 1. The summed E-state index contributed by atoms with van der Waals surface area (Å²) in [5.74, 6) is 0.736. The van der Waals surface area contributed by atoms with E-state index in [0.29, 0.717) is 43.1 Å². The zero-order valence-corrected chi connectivity index (χ0v) is 21.1. The van der Waals surface area contributed by atoms with E-state index >= 15 is 0 Å². The molecule has 0 bridgehead atoms. The van der Waals surface area contributed by atoms with Crippen molar-refractivity contribution in [3.05, 3.63) is 35.7 Å². The fraction of sp³-hybridized carbons (Fsp3) is 0.560. The Morgan fingerprint density at radius 1 is 1.29 bits per heavy atom. The molecule has 10 nitrogen and oxygen atoms in total. The molecule has 0 aromatic heterocycles. The van der Waals surface area contributed by atoms with Crippen LogP contribution in [0.15, 0.2) is 29.5 Å². The molecule has 10 heteroatoms. The molecule has 1 aromatic carbocycles. The number of carbonyl (C=O) groups is 2. The van der Waals surface area contributed by atoms with Crippen LogP contribution in [0, 0.1) is 0 Å². The summed E-state index contributed by atoms with van der Waals surface area (Å²) in [6, 6.07) is 3.69. The molecule has 194 valence electrons. The van der Waals surface area contributed by atoms with Gasteiger partial charge in [0.15, 0.2) is 17.5 Å². The normalized spacial score (nSPS) is 14.0. The summed E-state index contributed by atoms with van der Waals surface area (Å²) in [6.45, 7) is 2.14. The zero-order valence-electron chi connectivity index (χ0n) is 21.1. The number of guanidine groups is 1. The van der Waals surface area contributed by atoms with Crippen LogP contribution in [-0.2, 0) is 22.6 Å². The SMILES string of the molecule is CN=C(N)N[C@H](CCCC(=O)CC(=O)CCc1cc(CNC)c(O)c(OC)c1)CCN1C=CNC1. The lowest BCUT2D eigenvalue weighted by atomic mass is 9.99. The van der Waals surface area contributed by atoms with Crippen molar-refractivity contribution >= 4 is 17.5 Å². The van der Waals surface area contributed by atoms with Gasteiger partial charge in [-0.1, -0.05) is 6.07 Å². The number of ketones is 2. The molecule has 35 heavy (non-hydrogen) atoms. The minimum Gasteiger partial charge on any atom is -0.504 e. The molecule has 0 spiro atoms. The third-order valence-corrected chi connectivity index (χ3v) is 5.95. The number of nitrogens with two attached hydrogens (primary N) is 1. The molecule has 0 aliphatic carbocycles. The Hall–Kier alpha value is -3.27. The van der Waals surface area contributed by atoms with Gasteiger partial charge in [0.2, 0.25) is 0 Å². The summed E-state index contributed by atoms with van der Waals surface area (Å²) in [5.41, 5.74) is 7.45. The molecule has 1 aliphatic rings. The molecule has 0 amide bonds. The maximum absolute atomic E-state index is 12.4. The first kappa shape index (κ1) is 28.0. The Bertz CT molecular complexity index is 902. The number of benzene rings is 1. The average Bonchev–Trinajstić information content (AvgIpc) is 3.36. The van der Waals surface area contributed by atoms with E-state index < -0.39 is 0 Å². The van der Waals surface area contributed by atoms with Crippen molar-refractivity contribution in [1.29, 1.82) is 0 Å². The van der Waals surface area contributed by atoms with Gasteiger partial charge in [-0.25, -0.2) is 0 Å². The Kier molecular flexibility index (Phi) is 11.9. The third-order valence-electron chi connectivity index (χ3n) is 5.95. The predicted octanol–water partition coefficient (Wildman–Crippen LogP) is 1.38. The van der Waals surface area contributed by atoms with E-state index in [1.807, 2.05) is 18.5 Å². The minimum absolute atomic E-state index is 0.0447. The van der Waals surface area contributed by atoms with Crippen molar-refractivity contribution in [1.82, 2.24) is 20.9 Å². The highest BCUT2D eigenvalue weighted by Gasteiger charge is 2.16. The number of ether oxygens (including phenoxy) is 1. The number of aryl methyl sites for hydroxylation is 1. The second-order valence-corrected chi connectivity index (χ2v) is 8.71. The van der Waals surface area contributed by atoms with Gasteiger partial charge in [0.25, 0.3) is 0 Å². The van der Waals surface area contributed by atoms with Gasteiger partial charge in [0.05, 0.1) is 20.2 Å². The van der Waals surface area contributed by atoms with Gasteiger partial charge in [-0.3, -0.25) is 14.6 Å². The Labute approximate surface area is 208 Å². The Morgan fingerprint density at radius 3 is 2.71 bits per heavy atom. The van der Waals surface area contributed by atoms with Crippen molar-refractivity contribution in [2.45, 2.75) is 57.5 Å². The highest BCUT2D eigenvalue weighted by Crippen LogP contribution is 2.32. The highest BCUT2D eigenvalue weighted by molar-refractivity contribution is 5.99. The van der Waals surface area contributed by atoms with E-state index in [1.165, 1.54) is 7.11 Å². The summed E-state index contributed by atoms with van der Waals surface area (Å²) in [7, 11) is 4.92. The molecular weight excluding hydrogens is 448 g/mol. The van der Waals surface area contributed by atoms with E-state index in [9.17, 15) is 14.7 Å². The molecule has 0 saturated carbocycles. The van der Waals surface area contributed by atoms with Crippen molar-refractivity contribution in [3.63, 3.8) is 0 Å². The quantitative estimate of drug-likeness (QED) is 0.133. The maximum Gasteiger partial charge on any atom is 0.188 e. The number of rotatable bonds is 16. The number of aliphatic imine (C=N–C) groups is 1. The molecule has 1 atom stereocenters. The molecule has 1 heterocycles. The first-order chi connectivity index (χ1) is 16.9. The van der Waals surface area contributed by atoms with Gasteiger partial charge < -0.3 is 36.4 Å². The van der Waals surface area contributed by atoms with Crippen LogP contribution in [0.2, 0.25) is 0 Å². The van der Waals surface area contributed by atoms with Crippen LogP contribution in [-0.4, -0.2) is 68.0 Å². The minimum atomic E-state index is -0.0810. The number of phenolic OH excluding ortho intramolecular Hbond substituents is 1. The number of nitrogens with zero attached hydrogens (tertiary/aromatic N) is 2. The lowest BCUT2D eigenvalue weighted by Gasteiger charge is -2.22. The zero-order chi connectivity index (χ0) is 25.6. The molecule has 2 rings (SSSR count). The van der Waals surface area contributed by atoms with Gasteiger partial charge in [-0.05, 0) is 44.4 Å². The van der Waals surface area contributed by atoms with Crippen LogP contribution in [0.5, 0.6) is 11.5 Å². The van der Waals surface area contributed by atoms with E-state index in [4.69, 9.17) is 10.5 Å². The molecule has 0 radical (unpaired) electrons. The summed E-state index contributed by atoms with van der Waals surface area (Å²) >= 11 is 0. The summed E-state index contributed by atoms with van der Waals surface area (Å²) in [5, 5.41) is 19.6. The van der Waals surface area contributed by atoms with E-state index in [1.54, 1.807) is 20.2 Å². The van der Waals surface area contributed by atoms with Gasteiger partial charge in [0, 0.05) is 57.0 Å². The largest absolute Gasteiger partial charge is 0.504 e. The number of hydrogen-bond donors (Lipinski definition) is 5. The van der Waals surface area contributed by atoms with E-state index in [-0.39, 0.29) is 36.2 Å². The maximum atomic E-state index is 12.4. The summed E-state index contributed by atoms with van der Waals surface area (Å²) < 4.78 is 5.24. The topological polar surface area (TPSA) is 141 Å². The van der Waals surface area contributed by atoms with Gasteiger partial charge >= 0.3 is 0 Å². The smallest absolute Gasteiger partial charge is 0.188 e. The van der Waals surface area contributed by atoms with E-state index in [0.717, 1.165) is 31.6 Å². The number of nitrogens with one attached hydrogen (secondary N) is 3. The van der Waals surface area contributed by atoms with Crippen molar-refractivity contribution in [2.75, 3.05) is 34.4 Å². The predicted molar refractivity (Wildman–Crippen MR) is 137 cm³/mol. The van der Waals surface area contributed by atoms with Crippen LogP contribution in [0.25, 0.3) is 0 Å². The highest BCUT2D eigenvalue weighted by atomic mass is 16.5. The van der Waals surface area contributed by atoms with Crippen LogP contribution < -0.4 is 26.4 Å². The number of Topliss-reactive ketones (excluding diaryl/α,β-unsaturated/α-hetero) is 2. The lowest BCUT2D eigenvalue weighted by Crippen LogP contribution is -2.41. The average molecular weight is 489 g/mol. The number of hydrogen-bond acceptors (Lipinski definition) is 8. The molecule has 0 saturated heterocycles. The van der Waals surface area contributed by atoms with E-state index in [2.05, 4.69) is 25.8 Å². The number of phenols is 1.